The van der Waals surface area contributed by atoms with Crippen LogP contribution in [0.4, 0.5) is 4.79 Å². The van der Waals surface area contributed by atoms with Gasteiger partial charge in [-0.1, -0.05) is 42.5 Å². The van der Waals surface area contributed by atoms with Gasteiger partial charge in [-0.05, 0) is 30.2 Å². The van der Waals surface area contributed by atoms with Crippen molar-refractivity contribution in [3.63, 3.8) is 0 Å². The first kappa shape index (κ1) is 17.7. The van der Waals surface area contributed by atoms with Gasteiger partial charge in [-0.3, -0.25) is 4.79 Å². The molecule has 0 bridgehead atoms. The number of carbonyl (C=O) groups excluding carboxylic acids is 2. The zero-order valence-corrected chi connectivity index (χ0v) is 14.6. The number of aliphatic imine (C=N–C) groups is 1. The average Bonchev–Trinajstić information content (AvgIpc) is 2.66. The summed E-state index contributed by atoms with van der Waals surface area (Å²) < 4.78 is 10.6. The highest BCUT2D eigenvalue weighted by Gasteiger charge is 2.37. The third kappa shape index (κ3) is 3.91. The monoisotopic (exact) mass is 352 g/mol. The fourth-order valence-corrected chi connectivity index (χ4v) is 2.93. The second kappa shape index (κ2) is 7.82. The number of hydrogen-bond acceptors (Lipinski definition) is 4. The van der Waals surface area contributed by atoms with Crippen molar-refractivity contribution in [2.24, 2.45) is 10.9 Å². The molecule has 3 rings (SSSR count). The van der Waals surface area contributed by atoms with Gasteiger partial charge in [-0.15, -0.1) is 0 Å². The first-order valence-corrected chi connectivity index (χ1v) is 8.28. The van der Waals surface area contributed by atoms with Gasteiger partial charge >= 0.3 is 12.0 Å². The van der Waals surface area contributed by atoms with E-state index in [0.717, 1.165) is 16.9 Å². The molecule has 2 unspecified atom stereocenters. The highest BCUT2D eigenvalue weighted by Crippen LogP contribution is 2.28. The van der Waals surface area contributed by atoms with Crippen LogP contribution in [0.3, 0.4) is 0 Å². The van der Waals surface area contributed by atoms with Crippen molar-refractivity contribution in [2.75, 3.05) is 7.11 Å². The second-order valence-electron chi connectivity index (χ2n) is 6.02. The molecule has 1 aliphatic heterocycles. The number of nitrogens with one attached hydrogen (secondary N) is 1. The van der Waals surface area contributed by atoms with E-state index in [-0.39, 0.29) is 6.61 Å². The summed E-state index contributed by atoms with van der Waals surface area (Å²) in [7, 11) is 1.60. The van der Waals surface area contributed by atoms with Crippen molar-refractivity contribution in [3.05, 3.63) is 65.7 Å². The molecule has 0 saturated carbocycles. The molecule has 0 spiro atoms. The maximum atomic E-state index is 12.7. The Kier molecular flexibility index (Phi) is 5.31. The molecule has 1 heterocycles. The van der Waals surface area contributed by atoms with E-state index in [4.69, 9.17) is 9.47 Å². The predicted molar refractivity (Wildman–Crippen MR) is 97.1 cm³/mol. The Bertz CT molecular complexity index is 815. The Labute approximate surface area is 151 Å². The van der Waals surface area contributed by atoms with E-state index in [1.807, 2.05) is 54.6 Å². The average molecular weight is 352 g/mol. The SMILES string of the molecule is COc1ccc(COC(=O)C2C(C)=NC(=O)NC2c2ccccc2)cc1. The summed E-state index contributed by atoms with van der Waals surface area (Å²) in [6.45, 7) is 1.82. The molecule has 0 fully saturated rings. The number of rotatable bonds is 5. The fraction of sp³-hybridized carbons (Fsp3) is 0.250. The normalized spacial score (nSPS) is 19.3. The van der Waals surface area contributed by atoms with Crippen LogP contribution in [0.5, 0.6) is 5.75 Å². The van der Waals surface area contributed by atoms with E-state index < -0.39 is 24.0 Å². The first-order chi connectivity index (χ1) is 12.6. The molecule has 0 saturated heterocycles. The van der Waals surface area contributed by atoms with E-state index in [9.17, 15) is 9.59 Å². The molecular weight excluding hydrogens is 332 g/mol. The number of carbonyl (C=O) groups is 2. The summed E-state index contributed by atoms with van der Waals surface area (Å²) in [4.78, 5) is 28.4. The zero-order chi connectivity index (χ0) is 18.5. The lowest BCUT2D eigenvalue weighted by atomic mass is 9.88. The van der Waals surface area contributed by atoms with Gasteiger partial charge < -0.3 is 14.8 Å². The van der Waals surface area contributed by atoms with Crippen LogP contribution in [0, 0.1) is 5.92 Å². The maximum absolute atomic E-state index is 12.7. The summed E-state index contributed by atoms with van der Waals surface area (Å²) in [5, 5.41) is 2.76. The van der Waals surface area contributed by atoms with Gasteiger partial charge in [0.05, 0.1) is 13.2 Å². The largest absolute Gasteiger partial charge is 0.497 e. The van der Waals surface area contributed by atoms with Crippen molar-refractivity contribution in [2.45, 2.75) is 19.6 Å². The standard InChI is InChI=1S/C20H20N2O4/c1-13-17(18(22-20(24)21-13)15-6-4-3-5-7-15)19(23)26-12-14-8-10-16(25-2)11-9-14/h3-11,17-18H,12H2,1-2H3,(H,22,24). The highest BCUT2D eigenvalue weighted by molar-refractivity contribution is 6.08. The predicted octanol–water partition coefficient (Wildman–Crippen LogP) is 3.28. The number of amides is 2. The first-order valence-electron chi connectivity index (χ1n) is 8.28. The smallest absolute Gasteiger partial charge is 0.341 e. The van der Waals surface area contributed by atoms with Crippen LogP contribution in [0.2, 0.25) is 0 Å². The zero-order valence-electron chi connectivity index (χ0n) is 14.6. The number of benzene rings is 2. The Hall–Kier alpha value is -3.15. The Morgan fingerprint density at radius 1 is 1.12 bits per heavy atom. The van der Waals surface area contributed by atoms with Gasteiger partial charge in [-0.25, -0.2) is 9.79 Å². The summed E-state index contributed by atoms with van der Waals surface area (Å²) in [5.41, 5.74) is 2.13. The number of ether oxygens (including phenoxy) is 2. The highest BCUT2D eigenvalue weighted by atomic mass is 16.5. The van der Waals surface area contributed by atoms with Crippen LogP contribution in [-0.4, -0.2) is 24.8 Å². The van der Waals surface area contributed by atoms with Gasteiger partial charge in [0.15, 0.2) is 0 Å². The summed E-state index contributed by atoms with van der Waals surface area (Å²) >= 11 is 0. The Morgan fingerprint density at radius 2 is 1.81 bits per heavy atom. The van der Waals surface area contributed by atoms with E-state index in [0.29, 0.717) is 5.71 Å². The van der Waals surface area contributed by atoms with Gasteiger partial charge in [-0.2, -0.15) is 0 Å². The quantitative estimate of drug-likeness (QED) is 0.838. The van der Waals surface area contributed by atoms with E-state index in [1.165, 1.54) is 0 Å². The van der Waals surface area contributed by atoms with E-state index in [1.54, 1.807) is 14.0 Å². The third-order valence-corrected chi connectivity index (χ3v) is 4.29. The maximum Gasteiger partial charge on any atom is 0.341 e. The van der Waals surface area contributed by atoms with Crippen LogP contribution < -0.4 is 10.1 Å². The Balaban J connectivity index is 1.75. The number of urea groups is 1. The van der Waals surface area contributed by atoms with Crippen molar-refractivity contribution in [3.8, 4) is 5.75 Å². The molecule has 26 heavy (non-hydrogen) atoms. The molecule has 0 aromatic heterocycles. The van der Waals surface area contributed by atoms with Crippen LogP contribution in [-0.2, 0) is 16.1 Å². The lowest BCUT2D eigenvalue weighted by Gasteiger charge is -2.29. The summed E-state index contributed by atoms with van der Waals surface area (Å²) in [6, 6.07) is 15.7. The van der Waals surface area contributed by atoms with Gasteiger partial charge in [0, 0.05) is 5.71 Å². The minimum absolute atomic E-state index is 0.141. The lowest BCUT2D eigenvalue weighted by Crippen LogP contribution is -2.44. The van der Waals surface area contributed by atoms with Crippen molar-refractivity contribution < 1.29 is 19.1 Å². The summed E-state index contributed by atoms with van der Waals surface area (Å²) in [5.74, 6) is -0.341. The molecule has 6 nitrogen and oxygen atoms in total. The van der Waals surface area contributed by atoms with Gasteiger partial charge in [0.25, 0.3) is 0 Å². The lowest BCUT2D eigenvalue weighted by molar-refractivity contribution is -0.148. The molecule has 2 atom stereocenters. The number of esters is 1. The summed E-state index contributed by atoms with van der Waals surface area (Å²) in [6.07, 6.45) is 0. The number of hydrogen-bond donors (Lipinski definition) is 1. The molecule has 1 aliphatic rings. The van der Waals surface area contributed by atoms with E-state index in [2.05, 4.69) is 10.3 Å². The molecule has 0 radical (unpaired) electrons. The van der Waals surface area contributed by atoms with Gasteiger partial charge in [0.2, 0.25) is 0 Å². The van der Waals surface area contributed by atoms with Crippen LogP contribution >= 0.6 is 0 Å². The topological polar surface area (TPSA) is 77.0 Å². The third-order valence-electron chi connectivity index (χ3n) is 4.29. The molecule has 2 aromatic rings. The molecule has 2 amide bonds. The molecule has 2 aromatic carbocycles. The fourth-order valence-electron chi connectivity index (χ4n) is 2.93. The number of methoxy groups -OCH3 is 1. The minimum atomic E-state index is -0.659. The van der Waals surface area contributed by atoms with Crippen LogP contribution in [0.15, 0.2) is 59.6 Å². The molecule has 1 N–H and O–H groups in total. The number of nitrogens with zero attached hydrogens (tertiary/aromatic N) is 1. The van der Waals surface area contributed by atoms with Crippen molar-refractivity contribution in [1.29, 1.82) is 0 Å². The van der Waals surface area contributed by atoms with Crippen LogP contribution in [0.1, 0.15) is 24.1 Å². The molecule has 134 valence electrons. The van der Waals surface area contributed by atoms with E-state index >= 15 is 0 Å². The van der Waals surface area contributed by atoms with Crippen molar-refractivity contribution >= 4 is 17.7 Å². The van der Waals surface area contributed by atoms with Crippen molar-refractivity contribution in [1.82, 2.24) is 5.32 Å². The molecular formula is C20H20N2O4. The molecule has 0 aliphatic carbocycles. The Morgan fingerprint density at radius 3 is 2.46 bits per heavy atom. The van der Waals surface area contributed by atoms with Gasteiger partial charge in [0.1, 0.15) is 18.3 Å². The van der Waals surface area contributed by atoms with Crippen LogP contribution in [0.25, 0.3) is 0 Å². The molecule has 6 heteroatoms. The second-order valence-corrected chi connectivity index (χ2v) is 6.02. The minimum Gasteiger partial charge on any atom is -0.497 e.